The van der Waals surface area contributed by atoms with Crippen LogP contribution >= 0.6 is 11.8 Å². The monoisotopic (exact) mass is 343 g/mol. The molecule has 0 spiro atoms. The number of benzene rings is 1. The largest absolute Gasteiger partial charge is 0.467 e. The molecule has 1 amide bonds. The Morgan fingerprint density at radius 3 is 2.88 bits per heavy atom. The van der Waals surface area contributed by atoms with Crippen molar-refractivity contribution in [3.8, 4) is 0 Å². The van der Waals surface area contributed by atoms with Crippen LogP contribution in [0.15, 0.2) is 58.3 Å². The lowest BCUT2D eigenvalue weighted by Crippen LogP contribution is -2.30. The molecule has 3 rings (SSSR count). The van der Waals surface area contributed by atoms with E-state index in [0.29, 0.717) is 18.2 Å². The molecular formula is C16H17N5O2S. The van der Waals surface area contributed by atoms with Crippen molar-refractivity contribution >= 4 is 17.7 Å². The third kappa shape index (κ3) is 4.23. The second-order valence-corrected chi connectivity index (χ2v) is 6.47. The summed E-state index contributed by atoms with van der Waals surface area (Å²) in [5.41, 5.74) is 1.06. The van der Waals surface area contributed by atoms with Crippen molar-refractivity contribution in [1.82, 2.24) is 25.5 Å². The highest BCUT2D eigenvalue weighted by Gasteiger charge is 2.18. The Bertz CT molecular complexity index is 773. The van der Waals surface area contributed by atoms with Gasteiger partial charge >= 0.3 is 0 Å². The topological polar surface area (TPSA) is 85.8 Å². The highest BCUT2D eigenvalue weighted by molar-refractivity contribution is 8.00. The number of carbonyl (C=O) groups excluding carboxylic acids is 1. The van der Waals surface area contributed by atoms with Gasteiger partial charge in [-0.3, -0.25) is 4.79 Å². The Balaban J connectivity index is 1.55. The third-order valence-electron chi connectivity index (χ3n) is 3.35. The quantitative estimate of drug-likeness (QED) is 0.661. The van der Waals surface area contributed by atoms with Crippen molar-refractivity contribution in [1.29, 1.82) is 0 Å². The third-order valence-corrected chi connectivity index (χ3v) is 4.42. The van der Waals surface area contributed by atoms with E-state index in [1.807, 2.05) is 49.4 Å². The van der Waals surface area contributed by atoms with E-state index in [2.05, 4.69) is 20.8 Å². The summed E-state index contributed by atoms with van der Waals surface area (Å²) >= 11 is 1.32. The van der Waals surface area contributed by atoms with E-state index in [4.69, 9.17) is 4.42 Å². The number of hydrogen-bond acceptors (Lipinski definition) is 6. The number of furan rings is 1. The van der Waals surface area contributed by atoms with E-state index in [0.717, 1.165) is 11.3 Å². The first kappa shape index (κ1) is 16.3. The first-order chi connectivity index (χ1) is 11.7. The zero-order chi connectivity index (χ0) is 16.8. The Morgan fingerprint density at radius 2 is 2.12 bits per heavy atom. The Labute approximate surface area is 143 Å². The van der Waals surface area contributed by atoms with E-state index in [1.54, 1.807) is 10.9 Å². The minimum absolute atomic E-state index is 0.0589. The minimum Gasteiger partial charge on any atom is -0.467 e. The molecule has 0 unspecified atom stereocenters. The van der Waals surface area contributed by atoms with Crippen molar-refractivity contribution in [3.05, 3.63) is 60.1 Å². The molecule has 0 saturated carbocycles. The fourth-order valence-corrected chi connectivity index (χ4v) is 2.88. The molecule has 0 aliphatic heterocycles. The van der Waals surface area contributed by atoms with Gasteiger partial charge in [-0.2, -0.15) is 0 Å². The molecule has 0 aliphatic carbocycles. The molecule has 2 aromatic heterocycles. The first-order valence-corrected chi connectivity index (χ1v) is 8.37. The van der Waals surface area contributed by atoms with Gasteiger partial charge in [-0.1, -0.05) is 42.1 Å². The number of aromatic nitrogens is 4. The molecule has 1 atom stereocenters. The molecular weight excluding hydrogens is 326 g/mol. The molecule has 0 fully saturated rings. The summed E-state index contributed by atoms with van der Waals surface area (Å²) in [7, 11) is 0. The van der Waals surface area contributed by atoms with Crippen LogP contribution < -0.4 is 5.32 Å². The van der Waals surface area contributed by atoms with Crippen molar-refractivity contribution in [2.75, 3.05) is 0 Å². The second-order valence-electron chi connectivity index (χ2n) is 5.16. The predicted octanol–water partition coefficient (Wildman–Crippen LogP) is 2.11. The summed E-state index contributed by atoms with van der Waals surface area (Å²) < 4.78 is 6.91. The van der Waals surface area contributed by atoms with Gasteiger partial charge < -0.3 is 9.73 Å². The molecule has 8 heteroatoms. The number of thioether (sulfide) groups is 1. The summed E-state index contributed by atoms with van der Waals surface area (Å²) in [6, 6.07) is 13.5. The summed E-state index contributed by atoms with van der Waals surface area (Å²) in [4.78, 5) is 12.2. The van der Waals surface area contributed by atoms with Crippen LogP contribution in [0.25, 0.3) is 0 Å². The van der Waals surface area contributed by atoms with E-state index in [-0.39, 0.29) is 11.2 Å². The van der Waals surface area contributed by atoms with Gasteiger partial charge in [0, 0.05) is 6.54 Å². The zero-order valence-corrected chi connectivity index (χ0v) is 13.9. The van der Waals surface area contributed by atoms with Crippen molar-refractivity contribution in [2.24, 2.45) is 0 Å². The lowest BCUT2D eigenvalue weighted by molar-refractivity contribution is -0.120. The van der Waals surface area contributed by atoms with Gasteiger partial charge in [0.15, 0.2) is 0 Å². The molecule has 24 heavy (non-hydrogen) atoms. The van der Waals surface area contributed by atoms with E-state index in [9.17, 15) is 4.79 Å². The molecule has 0 bridgehead atoms. The maximum absolute atomic E-state index is 12.2. The fraction of sp³-hybridized carbons (Fsp3) is 0.250. The normalized spacial score (nSPS) is 12.0. The molecule has 2 heterocycles. The van der Waals surface area contributed by atoms with Crippen LogP contribution in [0.1, 0.15) is 18.2 Å². The average molecular weight is 343 g/mol. The second kappa shape index (κ2) is 7.78. The maximum Gasteiger partial charge on any atom is 0.233 e. The first-order valence-electron chi connectivity index (χ1n) is 7.49. The minimum atomic E-state index is -0.310. The molecule has 0 aliphatic rings. The number of nitrogens with zero attached hydrogens (tertiary/aromatic N) is 4. The summed E-state index contributed by atoms with van der Waals surface area (Å²) in [5.74, 6) is 0.696. The zero-order valence-electron chi connectivity index (χ0n) is 13.1. The van der Waals surface area contributed by atoms with Crippen LogP contribution in [-0.4, -0.2) is 31.4 Å². The van der Waals surface area contributed by atoms with Gasteiger partial charge in [0.25, 0.3) is 0 Å². The van der Waals surface area contributed by atoms with Gasteiger partial charge in [0.05, 0.1) is 11.5 Å². The van der Waals surface area contributed by atoms with Crippen molar-refractivity contribution < 1.29 is 9.21 Å². The van der Waals surface area contributed by atoms with Crippen LogP contribution in [-0.2, 0) is 17.9 Å². The van der Waals surface area contributed by atoms with Crippen LogP contribution in [0, 0.1) is 0 Å². The molecule has 1 N–H and O–H groups in total. The van der Waals surface area contributed by atoms with Gasteiger partial charge in [-0.05, 0) is 35.0 Å². The van der Waals surface area contributed by atoms with Crippen LogP contribution in [0.5, 0.6) is 0 Å². The van der Waals surface area contributed by atoms with Gasteiger partial charge in [0.1, 0.15) is 12.3 Å². The summed E-state index contributed by atoms with van der Waals surface area (Å²) in [6.07, 6.45) is 1.60. The molecule has 124 valence electrons. The Morgan fingerprint density at radius 1 is 1.29 bits per heavy atom. The van der Waals surface area contributed by atoms with Gasteiger partial charge in [-0.15, -0.1) is 5.10 Å². The lowest BCUT2D eigenvalue weighted by atomic mass is 10.2. The van der Waals surface area contributed by atoms with E-state index < -0.39 is 0 Å². The molecule has 3 aromatic rings. The van der Waals surface area contributed by atoms with Crippen LogP contribution in [0.3, 0.4) is 0 Å². The smallest absolute Gasteiger partial charge is 0.233 e. The number of rotatable bonds is 7. The highest BCUT2D eigenvalue weighted by Crippen LogP contribution is 2.21. The van der Waals surface area contributed by atoms with Crippen molar-refractivity contribution in [2.45, 2.75) is 30.4 Å². The number of nitrogens with one attached hydrogen (secondary N) is 1. The van der Waals surface area contributed by atoms with Crippen molar-refractivity contribution in [3.63, 3.8) is 0 Å². The average Bonchev–Trinajstić information content (AvgIpc) is 3.26. The van der Waals surface area contributed by atoms with Crippen LogP contribution in [0.2, 0.25) is 0 Å². The lowest BCUT2D eigenvalue weighted by Gasteiger charge is -2.11. The van der Waals surface area contributed by atoms with Crippen LogP contribution in [0.4, 0.5) is 0 Å². The van der Waals surface area contributed by atoms with E-state index >= 15 is 0 Å². The highest BCUT2D eigenvalue weighted by atomic mass is 32.2. The number of amides is 1. The summed E-state index contributed by atoms with van der Waals surface area (Å²) in [5, 5.41) is 14.8. The maximum atomic E-state index is 12.2. The Kier molecular flexibility index (Phi) is 5.27. The number of carbonyl (C=O) groups is 1. The molecule has 1 aromatic carbocycles. The molecule has 7 nitrogen and oxygen atoms in total. The summed E-state index contributed by atoms with van der Waals surface area (Å²) in [6.45, 7) is 2.76. The molecule has 0 radical (unpaired) electrons. The van der Waals surface area contributed by atoms with Gasteiger partial charge in [-0.25, -0.2) is 4.68 Å². The predicted molar refractivity (Wildman–Crippen MR) is 89.2 cm³/mol. The van der Waals surface area contributed by atoms with Gasteiger partial charge in [0.2, 0.25) is 11.1 Å². The fourth-order valence-electron chi connectivity index (χ4n) is 2.07. The standard InChI is InChI=1S/C16H17N5O2S/c1-12(15(22)17-10-13-6-3-2-4-7-13)24-16-18-19-20-21(16)11-14-8-5-9-23-14/h2-9,12H,10-11H2,1H3,(H,17,22)/t12-/m1/s1. The SMILES string of the molecule is C[C@@H](Sc1nnnn1Cc1ccco1)C(=O)NCc1ccccc1. The number of tetrazole rings is 1. The van der Waals surface area contributed by atoms with E-state index in [1.165, 1.54) is 11.8 Å². The Hall–Kier alpha value is -2.61. The number of hydrogen-bond donors (Lipinski definition) is 1. The molecule has 0 saturated heterocycles.